The maximum Gasteiger partial charge on any atom is 0.188 e. The van der Waals surface area contributed by atoms with Gasteiger partial charge in [-0.05, 0) is 20.3 Å². The molecule has 0 fully saturated rings. The molecule has 0 saturated heterocycles. The van der Waals surface area contributed by atoms with Gasteiger partial charge in [0, 0.05) is 13.1 Å². The van der Waals surface area contributed by atoms with Crippen LogP contribution < -0.4 is 11.1 Å². The Labute approximate surface area is 86.9 Å². The van der Waals surface area contributed by atoms with Gasteiger partial charge in [0.05, 0.1) is 12.7 Å². The molecule has 0 spiro atoms. The third-order valence-electron chi connectivity index (χ3n) is 1.65. The van der Waals surface area contributed by atoms with Crippen LogP contribution in [0.3, 0.4) is 0 Å². The van der Waals surface area contributed by atoms with Crippen molar-refractivity contribution in [2.45, 2.75) is 39.7 Å². The predicted octanol–water partition coefficient (Wildman–Crippen LogP) is 1.12. The van der Waals surface area contributed by atoms with E-state index in [-0.39, 0.29) is 6.10 Å². The van der Waals surface area contributed by atoms with Crippen LogP contribution in [0.25, 0.3) is 0 Å². The van der Waals surface area contributed by atoms with Crippen LogP contribution in [0.15, 0.2) is 4.99 Å². The maximum atomic E-state index is 5.61. The average molecular weight is 201 g/mol. The number of ether oxygens (including phenoxy) is 1. The highest BCUT2D eigenvalue weighted by atomic mass is 16.5. The largest absolute Gasteiger partial charge is 0.377 e. The van der Waals surface area contributed by atoms with Gasteiger partial charge in [0.1, 0.15) is 0 Å². The zero-order valence-corrected chi connectivity index (χ0v) is 9.55. The van der Waals surface area contributed by atoms with Crippen LogP contribution in [0.2, 0.25) is 0 Å². The van der Waals surface area contributed by atoms with E-state index in [2.05, 4.69) is 17.2 Å². The van der Waals surface area contributed by atoms with Crippen molar-refractivity contribution in [2.75, 3.05) is 19.7 Å². The molecule has 0 aliphatic carbocycles. The second-order valence-corrected chi connectivity index (χ2v) is 3.47. The first-order valence-electron chi connectivity index (χ1n) is 5.32. The number of aliphatic imine (C=N–C) groups is 1. The Balaban J connectivity index is 3.34. The summed E-state index contributed by atoms with van der Waals surface area (Å²) in [6.45, 7) is 8.36. The highest BCUT2D eigenvalue weighted by molar-refractivity contribution is 5.77. The van der Waals surface area contributed by atoms with Crippen LogP contribution in [0.5, 0.6) is 0 Å². The molecule has 14 heavy (non-hydrogen) atoms. The van der Waals surface area contributed by atoms with E-state index in [4.69, 9.17) is 10.5 Å². The summed E-state index contributed by atoms with van der Waals surface area (Å²) in [5.74, 6) is 0.519. The summed E-state index contributed by atoms with van der Waals surface area (Å²) in [6, 6.07) is 0. The summed E-state index contributed by atoms with van der Waals surface area (Å²) in [6.07, 6.45) is 2.51. The maximum absolute atomic E-state index is 5.61. The van der Waals surface area contributed by atoms with Crippen molar-refractivity contribution >= 4 is 5.96 Å². The molecule has 0 bridgehead atoms. The zero-order chi connectivity index (χ0) is 10.8. The van der Waals surface area contributed by atoms with E-state index in [0.717, 1.165) is 25.9 Å². The molecule has 84 valence electrons. The van der Waals surface area contributed by atoms with Crippen molar-refractivity contribution in [3.05, 3.63) is 0 Å². The van der Waals surface area contributed by atoms with Crippen molar-refractivity contribution in [1.82, 2.24) is 5.32 Å². The summed E-state index contributed by atoms with van der Waals surface area (Å²) in [7, 11) is 0. The summed E-state index contributed by atoms with van der Waals surface area (Å²) in [5.41, 5.74) is 5.61. The fourth-order valence-corrected chi connectivity index (χ4v) is 0.887. The van der Waals surface area contributed by atoms with Gasteiger partial charge in [-0.25, -0.2) is 0 Å². The summed E-state index contributed by atoms with van der Waals surface area (Å²) < 4.78 is 5.34. The average Bonchev–Trinajstić information content (AvgIpc) is 2.13. The van der Waals surface area contributed by atoms with Gasteiger partial charge in [-0.3, -0.25) is 4.99 Å². The smallest absolute Gasteiger partial charge is 0.188 e. The lowest BCUT2D eigenvalue weighted by Crippen LogP contribution is -2.34. The highest BCUT2D eigenvalue weighted by Gasteiger charge is 1.93. The van der Waals surface area contributed by atoms with Gasteiger partial charge in [-0.15, -0.1) is 0 Å². The van der Waals surface area contributed by atoms with Crippen LogP contribution in [0, 0.1) is 0 Å². The first-order chi connectivity index (χ1) is 6.66. The molecule has 0 unspecified atom stereocenters. The SMILES string of the molecule is CCCCN=C(N)NCCOC(C)C. The third kappa shape index (κ3) is 9.32. The fraction of sp³-hybridized carbons (Fsp3) is 0.900. The quantitative estimate of drug-likeness (QED) is 0.368. The van der Waals surface area contributed by atoms with Gasteiger partial charge in [-0.2, -0.15) is 0 Å². The van der Waals surface area contributed by atoms with E-state index < -0.39 is 0 Å². The number of hydrogen-bond donors (Lipinski definition) is 2. The van der Waals surface area contributed by atoms with E-state index in [0.29, 0.717) is 12.6 Å². The van der Waals surface area contributed by atoms with E-state index in [1.54, 1.807) is 0 Å². The van der Waals surface area contributed by atoms with Crippen LogP contribution in [0.1, 0.15) is 33.6 Å². The Hall–Kier alpha value is -0.770. The monoisotopic (exact) mass is 201 g/mol. The molecule has 0 aliphatic rings. The molecule has 0 aromatic rings. The van der Waals surface area contributed by atoms with Gasteiger partial charge < -0.3 is 15.8 Å². The molecule has 0 aromatic carbocycles. The van der Waals surface area contributed by atoms with Crippen LogP contribution in [0.4, 0.5) is 0 Å². The van der Waals surface area contributed by atoms with E-state index in [9.17, 15) is 0 Å². The van der Waals surface area contributed by atoms with Crippen molar-refractivity contribution in [1.29, 1.82) is 0 Å². The predicted molar refractivity (Wildman–Crippen MR) is 60.5 cm³/mol. The lowest BCUT2D eigenvalue weighted by molar-refractivity contribution is 0.0830. The topological polar surface area (TPSA) is 59.6 Å². The summed E-state index contributed by atoms with van der Waals surface area (Å²) in [4.78, 5) is 4.16. The first kappa shape index (κ1) is 13.2. The Morgan fingerprint density at radius 1 is 1.50 bits per heavy atom. The van der Waals surface area contributed by atoms with E-state index in [1.165, 1.54) is 0 Å². The molecule has 4 heteroatoms. The Morgan fingerprint density at radius 3 is 2.79 bits per heavy atom. The van der Waals surface area contributed by atoms with Crippen molar-refractivity contribution in [3.63, 3.8) is 0 Å². The Kier molecular flexibility index (Phi) is 8.33. The number of unbranched alkanes of at least 4 members (excludes halogenated alkanes) is 1. The lowest BCUT2D eigenvalue weighted by Gasteiger charge is -2.08. The zero-order valence-electron chi connectivity index (χ0n) is 9.55. The third-order valence-corrected chi connectivity index (χ3v) is 1.65. The second-order valence-electron chi connectivity index (χ2n) is 3.47. The van der Waals surface area contributed by atoms with Crippen LogP contribution >= 0.6 is 0 Å². The molecule has 0 rings (SSSR count). The number of nitrogens with one attached hydrogen (secondary N) is 1. The molecular formula is C10H23N3O. The minimum absolute atomic E-state index is 0.273. The van der Waals surface area contributed by atoms with Gasteiger partial charge in [0.2, 0.25) is 0 Å². The molecule has 3 N–H and O–H groups in total. The number of rotatable bonds is 7. The molecule has 0 aromatic heterocycles. The summed E-state index contributed by atoms with van der Waals surface area (Å²) in [5, 5.41) is 3.00. The molecule has 4 nitrogen and oxygen atoms in total. The molecule has 0 saturated carbocycles. The van der Waals surface area contributed by atoms with Gasteiger partial charge in [-0.1, -0.05) is 13.3 Å². The standard InChI is InChI=1S/C10H23N3O/c1-4-5-6-12-10(11)13-7-8-14-9(2)3/h9H,4-8H2,1-3H3,(H3,11,12,13). The molecule has 0 heterocycles. The molecule has 0 atom stereocenters. The number of guanidine groups is 1. The van der Waals surface area contributed by atoms with Gasteiger partial charge in [0.15, 0.2) is 5.96 Å². The molecule has 0 amide bonds. The Morgan fingerprint density at radius 2 is 2.21 bits per heavy atom. The molecule has 0 aliphatic heterocycles. The molecular weight excluding hydrogens is 178 g/mol. The highest BCUT2D eigenvalue weighted by Crippen LogP contribution is 1.86. The lowest BCUT2D eigenvalue weighted by atomic mass is 10.3. The second kappa shape index (κ2) is 8.81. The van der Waals surface area contributed by atoms with Crippen molar-refractivity contribution in [2.24, 2.45) is 10.7 Å². The molecule has 0 radical (unpaired) electrons. The first-order valence-corrected chi connectivity index (χ1v) is 5.32. The fourth-order valence-electron chi connectivity index (χ4n) is 0.887. The van der Waals surface area contributed by atoms with Gasteiger partial charge in [0.25, 0.3) is 0 Å². The van der Waals surface area contributed by atoms with E-state index >= 15 is 0 Å². The van der Waals surface area contributed by atoms with Crippen molar-refractivity contribution < 1.29 is 4.74 Å². The van der Waals surface area contributed by atoms with Crippen LogP contribution in [-0.2, 0) is 4.74 Å². The van der Waals surface area contributed by atoms with Crippen molar-refractivity contribution in [3.8, 4) is 0 Å². The number of nitrogens with zero attached hydrogens (tertiary/aromatic N) is 1. The Bertz CT molecular complexity index is 157. The summed E-state index contributed by atoms with van der Waals surface area (Å²) >= 11 is 0. The normalized spacial score (nSPS) is 12.1. The minimum atomic E-state index is 0.273. The van der Waals surface area contributed by atoms with Gasteiger partial charge >= 0.3 is 0 Å². The van der Waals surface area contributed by atoms with E-state index in [1.807, 2.05) is 13.8 Å². The number of hydrogen-bond acceptors (Lipinski definition) is 2. The minimum Gasteiger partial charge on any atom is -0.377 e. The van der Waals surface area contributed by atoms with Crippen LogP contribution in [-0.4, -0.2) is 31.8 Å². The number of nitrogens with two attached hydrogens (primary N) is 1.